The van der Waals surface area contributed by atoms with Crippen LogP contribution in [0.5, 0.6) is 0 Å². The monoisotopic (exact) mass is 378 g/mol. The minimum Gasteiger partial charge on any atom is -0.475 e. The van der Waals surface area contributed by atoms with E-state index in [1.807, 2.05) is 18.7 Å². The van der Waals surface area contributed by atoms with E-state index in [2.05, 4.69) is 15.5 Å². The highest BCUT2D eigenvalue weighted by atomic mass is 19.4. The summed E-state index contributed by atoms with van der Waals surface area (Å²) in [5.74, 6) is -1.68. The molecule has 0 radical (unpaired) electrons. The third-order valence-electron chi connectivity index (χ3n) is 4.21. The average Bonchev–Trinajstić information content (AvgIpc) is 3.14. The first-order valence-corrected chi connectivity index (χ1v) is 8.30. The van der Waals surface area contributed by atoms with Crippen LogP contribution in [0.1, 0.15) is 51.3 Å². The van der Waals surface area contributed by atoms with Crippen molar-refractivity contribution in [3.8, 4) is 0 Å². The molecule has 8 nitrogen and oxygen atoms in total. The van der Waals surface area contributed by atoms with Crippen LogP contribution >= 0.6 is 0 Å². The molecule has 2 unspecified atom stereocenters. The maximum atomic E-state index is 12.3. The Labute approximate surface area is 147 Å². The molecule has 1 aromatic heterocycles. The summed E-state index contributed by atoms with van der Waals surface area (Å²) in [7, 11) is 0. The van der Waals surface area contributed by atoms with Gasteiger partial charge in [-0.25, -0.2) is 4.79 Å². The molecule has 0 aromatic carbocycles. The lowest BCUT2D eigenvalue weighted by atomic mass is 10.0. The van der Waals surface area contributed by atoms with Crippen molar-refractivity contribution < 1.29 is 32.4 Å². The number of fused-ring (bicyclic) bond motifs is 1. The van der Waals surface area contributed by atoms with Gasteiger partial charge in [-0.3, -0.25) is 4.79 Å². The van der Waals surface area contributed by atoms with Crippen molar-refractivity contribution >= 4 is 17.9 Å². The zero-order chi connectivity index (χ0) is 19.5. The number of carboxylic acids is 1. The molecule has 11 heteroatoms. The minimum absolute atomic E-state index is 0.175. The number of rotatable bonds is 3. The molecule has 2 N–H and O–H groups in total. The molecule has 2 fully saturated rings. The Morgan fingerprint density at radius 1 is 1.38 bits per heavy atom. The van der Waals surface area contributed by atoms with Crippen LogP contribution in [0.3, 0.4) is 0 Å². The lowest BCUT2D eigenvalue weighted by molar-refractivity contribution is -0.192. The summed E-state index contributed by atoms with van der Waals surface area (Å²) < 4.78 is 36.9. The van der Waals surface area contributed by atoms with Crippen LogP contribution in [0.15, 0.2) is 4.52 Å². The second kappa shape index (κ2) is 7.92. The fraction of sp³-hybridized carbons (Fsp3) is 0.733. The van der Waals surface area contributed by atoms with Gasteiger partial charge in [0.1, 0.15) is 6.04 Å². The van der Waals surface area contributed by atoms with E-state index in [0.717, 1.165) is 25.8 Å². The lowest BCUT2D eigenvalue weighted by Crippen LogP contribution is -2.39. The second-order valence-electron chi connectivity index (χ2n) is 6.53. The van der Waals surface area contributed by atoms with Crippen molar-refractivity contribution in [1.29, 1.82) is 0 Å². The number of aliphatic carboxylic acids is 1. The first kappa shape index (κ1) is 20.0. The first-order chi connectivity index (χ1) is 12.1. The number of carbonyl (C=O) groups is 2. The summed E-state index contributed by atoms with van der Waals surface area (Å²) in [5.41, 5.74) is 0. The van der Waals surface area contributed by atoms with Gasteiger partial charge in [0.15, 0.2) is 5.82 Å². The first-order valence-electron chi connectivity index (χ1n) is 8.30. The second-order valence-corrected chi connectivity index (χ2v) is 6.53. The summed E-state index contributed by atoms with van der Waals surface area (Å²) in [6.45, 7) is 4.91. The number of piperidine rings is 1. The van der Waals surface area contributed by atoms with Crippen molar-refractivity contribution in [3.05, 3.63) is 5.82 Å². The number of hydrogen-bond donors (Lipinski definition) is 2. The van der Waals surface area contributed by atoms with Gasteiger partial charge >= 0.3 is 18.2 Å². The molecule has 0 aliphatic carbocycles. The summed E-state index contributed by atoms with van der Waals surface area (Å²) in [5, 5.41) is 14.1. The van der Waals surface area contributed by atoms with Gasteiger partial charge in [0.25, 0.3) is 0 Å². The van der Waals surface area contributed by atoms with E-state index >= 15 is 0 Å². The maximum absolute atomic E-state index is 12.3. The molecule has 2 aliphatic rings. The standard InChI is InChI=1S/C13H20N4O2.C2HF3O2/c1-8(2)11-15-13(19-16-11)14-10-7-9-5-3-4-6-17(9)12(10)18;3-2(4,5)1(6)7/h8-10H,3-7H2,1-2H3,(H,14,15,16);(H,6,7). The molecule has 146 valence electrons. The summed E-state index contributed by atoms with van der Waals surface area (Å²) in [6.07, 6.45) is -0.782. The fourth-order valence-corrected chi connectivity index (χ4v) is 2.91. The molecule has 0 saturated carbocycles. The molecular formula is C15H21F3N4O4. The predicted octanol–water partition coefficient (Wildman–Crippen LogP) is 2.39. The van der Waals surface area contributed by atoms with E-state index in [1.165, 1.54) is 6.42 Å². The van der Waals surface area contributed by atoms with Gasteiger partial charge in [0, 0.05) is 18.5 Å². The van der Waals surface area contributed by atoms with Gasteiger partial charge in [0.05, 0.1) is 0 Å². The van der Waals surface area contributed by atoms with E-state index in [9.17, 15) is 18.0 Å². The minimum atomic E-state index is -5.08. The number of carboxylic acid groups (broad SMARTS) is 1. The molecule has 0 spiro atoms. The van der Waals surface area contributed by atoms with Crippen molar-refractivity contribution in [3.63, 3.8) is 0 Å². The molecule has 1 aromatic rings. The maximum Gasteiger partial charge on any atom is 0.490 e. The number of hydrogen-bond acceptors (Lipinski definition) is 6. The molecule has 3 heterocycles. The third-order valence-corrected chi connectivity index (χ3v) is 4.21. The number of nitrogens with one attached hydrogen (secondary N) is 1. The molecule has 2 aliphatic heterocycles. The van der Waals surface area contributed by atoms with Crippen molar-refractivity contribution in [1.82, 2.24) is 15.0 Å². The van der Waals surface area contributed by atoms with E-state index in [1.54, 1.807) is 0 Å². The van der Waals surface area contributed by atoms with Gasteiger partial charge in [-0.1, -0.05) is 19.0 Å². The van der Waals surface area contributed by atoms with Crippen LogP contribution in [-0.4, -0.2) is 56.8 Å². The van der Waals surface area contributed by atoms with Gasteiger partial charge < -0.3 is 19.8 Å². The van der Waals surface area contributed by atoms with E-state index in [0.29, 0.717) is 17.9 Å². The smallest absolute Gasteiger partial charge is 0.475 e. The van der Waals surface area contributed by atoms with Gasteiger partial charge in [-0.15, -0.1) is 0 Å². The topological polar surface area (TPSA) is 109 Å². The summed E-state index contributed by atoms with van der Waals surface area (Å²) in [6, 6.07) is 0.552. The zero-order valence-electron chi connectivity index (χ0n) is 14.4. The Balaban J connectivity index is 0.000000298. The quantitative estimate of drug-likeness (QED) is 0.831. The highest BCUT2D eigenvalue weighted by Gasteiger charge is 2.41. The Bertz CT molecular complexity index is 647. The number of amides is 1. The van der Waals surface area contributed by atoms with Gasteiger partial charge in [-0.05, 0) is 25.7 Å². The predicted molar refractivity (Wildman–Crippen MR) is 83.5 cm³/mol. The third kappa shape index (κ3) is 4.85. The SMILES string of the molecule is CC(C)c1noc(NC2CC3CCCCN3C2=O)n1.O=C(O)C(F)(F)F. The molecular weight excluding hydrogens is 357 g/mol. The Morgan fingerprint density at radius 3 is 2.54 bits per heavy atom. The molecule has 2 atom stereocenters. The highest BCUT2D eigenvalue weighted by Crippen LogP contribution is 2.29. The number of alkyl halides is 3. The molecule has 1 amide bonds. The zero-order valence-corrected chi connectivity index (χ0v) is 14.4. The van der Waals surface area contributed by atoms with E-state index in [-0.39, 0.29) is 17.9 Å². The van der Waals surface area contributed by atoms with Crippen LogP contribution in [0.25, 0.3) is 0 Å². The molecule has 2 saturated heterocycles. The molecule has 0 bridgehead atoms. The largest absolute Gasteiger partial charge is 0.490 e. The van der Waals surface area contributed by atoms with Crippen LogP contribution in [0.4, 0.5) is 19.2 Å². The Kier molecular flexibility index (Phi) is 6.09. The number of nitrogens with zero attached hydrogens (tertiary/aromatic N) is 3. The Morgan fingerprint density at radius 2 is 2.04 bits per heavy atom. The fourth-order valence-electron chi connectivity index (χ4n) is 2.91. The van der Waals surface area contributed by atoms with Crippen molar-refractivity contribution in [2.75, 3.05) is 11.9 Å². The van der Waals surface area contributed by atoms with Crippen molar-refractivity contribution in [2.24, 2.45) is 0 Å². The van der Waals surface area contributed by atoms with Crippen LogP contribution in [-0.2, 0) is 9.59 Å². The van der Waals surface area contributed by atoms with Crippen LogP contribution in [0, 0.1) is 0 Å². The van der Waals surface area contributed by atoms with Gasteiger partial charge in [0.2, 0.25) is 5.91 Å². The van der Waals surface area contributed by atoms with Crippen LogP contribution in [0.2, 0.25) is 0 Å². The van der Waals surface area contributed by atoms with E-state index < -0.39 is 12.1 Å². The lowest BCUT2D eigenvalue weighted by Gasteiger charge is -2.28. The summed E-state index contributed by atoms with van der Waals surface area (Å²) in [4.78, 5) is 27.4. The molecule has 3 rings (SSSR count). The van der Waals surface area contributed by atoms with Gasteiger partial charge in [-0.2, -0.15) is 18.2 Å². The van der Waals surface area contributed by atoms with E-state index in [4.69, 9.17) is 14.4 Å². The Hall–Kier alpha value is -2.33. The number of aromatic nitrogens is 2. The highest BCUT2D eigenvalue weighted by molar-refractivity contribution is 5.86. The number of anilines is 1. The summed E-state index contributed by atoms with van der Waals surface area (Å²) >= 11 is 0. The van der Waals surface area contributed by atoms with Crippen molar-refractivity contribution in [2.45, 2.75) is 63.7 Å². The number of halogens is 3. The van der Waals surface area contributed by atoms with Crippen LogP contribution < -0.4 is 5.32 Å². The molecule has 26 heavy (non-hydrogen) atoms. The average molecular weight is 378 g/mol. The normalized spacial score (nSPS) is 22.7. The number of carbonyl (C=O) groups excluding carboxylic acids is 1.